The van der Waals surface area contributed by atoms with E-state index in [2.05, 4.69) is 25.8 Å². The maximum absolute atomic E-state index is 12.7. The van der Waals surface area contributed by atoms with E-state index in [1.54, 1.807) is 42.9 Å². The van der Waals surface area contributed by atoms with E-state index in [-0.39, 0.29) is 5.91 Å². The van der Waals surface area contributed by atoms with Crippen molar-refractivity contribution in [1.82, 2.24) is 20.4 Å². The number of pyridine rings is 1. The quantitative estimate of drug-likeness (QED) is 0.558. The van der Waals surface area contributed by atoms with E-state index in [1.165, 1.54) is 0 Å². The Bertz CT molecular complexity index is 1020. The van der Waals surface area contributed by atoms with Crippen LogP contribution in [0.4, 0.5) is 5.95 Å². The summed E-state index contributed by atoms with van der Waals surface area (Å²) in [5, 5.41) is 0.742. The summed E-state index contributed by atoms with van der Waals surface area (Å²) in [5.41, 5.74) is 7.07. The normalized spacial score (nSPS) is 10.6. The van der Waals surface area contributed by atoms with Gasteiger partial charge in [0.15, 0.2) is 5.76 Å². The summed E-state index contributed by atoms with van der Waals surface area (Å²) in [6.45, 7) is 0. The number of benzene rings is 1. The fraction of sp³-hybridized carbons (Fsp3) is 0. The largest absolute Gasteiger partial charge is 0.463 e. The summed E-state index contributed by atoms with van der Waals surface area (Å²) in [6, 6.07) is 14.4. The number of aromatic nitrogens is 3. The fourth-order valence-corrected chi connectivity index (χ4v) is 2.46. The molecule has 0 atom stereocenters. The van der Waals surface area contributed by atoms with Crippen molar-refractivity contribution in [2.24, 2.45) is 0 Å². The second kappa shape index (κ2) is 6.40. The minimum Gasteiger partial charge on any atom is -0.463 e. The Morgan fingerprint density at radius 3 is 2.64 bits per heavy atom. The van der Waals surface area contributed by atoms with Gasteiger partial charge in [-0.05, 0) is 30.3 Å². The molecule has 0 bridgehead atoms. The molecule has 0 spiro atoms. The Kier molecular flexibility index (Phi) is 3.80. The van der Waals surface area contributed by atoms with E-state index in [4.69, 9.17) is 4.42 Å². The van der Waals surface area contributed by atoms with Crippen LogP contribution in [0.15, 0.2) is 71.6 Å². The van der Waals surface area contributed by atoms with Gasteiger partial charge in [0.1, 0.15) is 5.69 Å². The number of carbonyl (C=O) groups excluding carboxylic acids is 1. The molecule has 3 heterocycles. The van der Waals surface area contributed by atoms with Crippen LogP contribution < -0.4 is 10.9 Å². The zero-order valence-electron chi connectivity index (χ0n) is 13.0. The van der Waals surface area contributed by atoms with Crippen molar-refractivity contribution >= 4 is 22.8 Å². The van der Waals surface area contributed by atoms with Crippen molar-refractivity contribution in [1.29, 1.82) is 0 Å². The Labute approximate surface area is 142 Å². The molecule has 0 aliphatic rings. The first-order chi connectivity index (χ1) is 12.3. The number of hydrogen-bond donors (Lipinski definition) is 2. The van der Waals surface area contributed by atoms with Gasteiger partial charge in [-0.15, -0.1) is 0 Å². The number of amides is 1. The monoisotopic (exact) mass is 331 g/mol. The first-order valence-electron chi connectivity index (χ1n) is 7.58. The summed E-state index contributed by atoms with van der Waals surface area (Å²) < 4.78 is 5.40. The molecule has 0 aliphatic carbocycles. The third-order valence-corrected chi connectivity index (χ3v) is 3.59. The molecule has 0 fully saturated rings. The number of carbonyl (C=O) groups is 1. The van der Waals surface area contributed by atoms with Crippen molar-refractivity contribution in [3.63, 3.8) is 0 Å². The van der Waals surface area contributed by atoms with Crippen LogP contribution in [0.3, 0.4) is 0 Å². The van der Waals surface area contributed by atoms with Crippen molar-refractivity contribution in [2.45, 2.75) is 0 Å². The van der Waals surface area contributed by atoms with Crippen molar-refractivity contribution in [3.8, 4) is 11.5 Å². The Hall–Kier alpha value is -3.74. The van der Waals surface area contributed by atoms with Crippen LogP contribution in [-0.4, -0.2) is 20.9 Å². The van der Waals surface area contributed by atoms with Gasteiger partial charge in [-0.25, -0.2) is 15.0 Å². The molecular weight excluding hydrogens is 318 g/mol. The second-order valence-electron chi connectivity index (χ2n) is 5.20. The highest BCUT2D eigenvalue weighted by Crippen LogP contribution is 2.25. The number of anilines is 1. The van der Waals surface area contributed by atoms with Gasteiger partial charge in [-0.1, -0.05) is 18.2 Å². The molecule has 0 saturated heterocycles. The highest BCUT2D eigenvalue weighted by atomic mass is 16.3. The lowest BCUT2D eigenvalue weighted by molar-refractivity contribution is 0.0964. The Morgan fingerprint density at radius 2 is 1.84 bits per heavy atom. The molecule has 0 aliphatic heterocycles. The van der Waals surface area contributed by atoms with Crippen LogP contribution in [0.2, 0.25) is 0 Å². The molecule has 1 amide bonds. The molecule has 3 aromatic heterocycles. The molecule has 122 valence electrons. The second-order valence-corrected chi connectivity index (χ2v) is 5.20. The van der Waals surface area contributed by atoms with Crippen molar-refractivity contribution in [3.05, 3.63) is 72.8 Å². The molecule has 7 nitrogen and oxygen atoms in total. The molecule has 0 unspecified atom stereocenters. The molecule has 1 aromatic carbocycles. The lowest BCUT2D eigenvalue weighted by atomic mass is 10.1. The van der Waals surface area contributed by atoms with Crippen LogP contribution in [-0.2, 0) is 0 Å². The summed E-state index contributed by atoms with van der Waals surface area (Å²) in [6.07, 6.45) is 4.73. The van der Waals surface area contributed by atoms with Gasteiger partial charge >= 0.3 is 0 Å². The van der Waals surface area contributed by atoms with Gasteiger partial charge in [0.25, 0.3) is 5.91 Å². The molecule has 0 radical (unpaired) electrons. The number of nitrogens with one attached hydrogen (secondary N) is 2. The Balaban J connectivity index is 1.71. The molecule has 0 saturated carbocycles. The summed E-state index contributed by atoms with van der Waals surface area (Å²) in [4.78, 5) is 25.2. The van der Waals surface area contributed by atoms with E-state index in [9.17, 15) is 4.79 Å². The smallest absolute Gasteiger partial charge is 0.270 e. The average molecular weight is 331 g/mol. The standard InChI is InChI=1S/C18H13N5O2/c24-17(22-23-18-19-8-4-9-20-18)13-11-15(16-7-3-10-25-16)21-14-6-2-1-5-12(13)14/h1-11H,(H,22,24)(H,19,20,23). The van der Waals surface area contributed by atoms with Gasteiger partial charge in [0, 0.05) is 17.8 Å². The lowest BCUT2D eigenvalue weighted by Gasteiger charge is -2.10. The van der Waals surface area contributed by atoms with Gasteiger partial charge in [-0.3, -0.25) is 15.6 Å². The first kappa shape index (κ1) is 14.8. The van der Waals surface area contributed by atoms with Crippen LogP contribution in [0.1, 0.15) is 10.4 Å². The van der Waals surface area contributed by atoms with Crippen LogP contribution in [0, 0.1) is 0 Å². The zero-order chi connectivity index (χ0) is 17.1. The lowest BCUT2D eigenvalue weighted by Crippen LogP contribution is -2.30. The zero-order valence-corrected chi connectivity index (χ0v) is 13.0. The summed E-state index contributed by atoms with van der Waals surface area (Å²) in [5.74, 6) is 0.582. The van der Waals surface area contributed by atoms with Crippen molar-refractivity contribution < 1.29 is 9.21 Å². The maximum atomic E-state index is 12.7. The highest BCUT2D eigenvalue weighted by molar-refractivity contribution is 6.07. The number of hydrazine groups is 1. The number of para-hydroxylation sites is 1. The number of hydrogen-bond acceptors (Lipinski definition) is 6. The topological polar surface area (TPSA) is 92.9 Å². The molecular formula is C18H13N5O2. The molecule has 25 heavy (non-hydrogen) atoms. The van der Waals surface area contributed by atoms with E-state index in [1.807, 2.05) is 24.3 Å². The van der Waals surface area contributed by atoms with Gasteiger partial charge < -0.3 is 4.42 Å². The summed E-state index contributed by atoms with van der Waals surface area (Å²) in [7, 11) is 0. The fourth-order valence-electron chi connectivity index (χ4n) is 2.46. The number of rotatable bonds is 4. The number of fused-ring (bicyclic) bond motifs is 1. The molecule has 2 N–H and O–H groups in total. The minimum absolute atomic E-state index is 0.306. The molecule has 4 rings (SSSR count). The summed E-state index contributed by atoms with van der Waals surface area (Å²) >= 11 is 0. The predicted molar refractivity (Wildman–Crippen MR) is 92.6 cm³/mol. The maximum Gasteiger partial charge on any atom is 0.270 e. The molecule has 7 heteroatoms. The van der Waals surface area contributed by atoms with Gasteiger partial charge in [0.05, 0.1) is 17.3 Å². The predicted octanol–water partition coefficient (Wildman–Crippen LogP) is 3.04. The van der Waals surface area contributed by atoms with Gasteiger partial charge in [0.2, 0.25) is 5.95 Å². The van der Waals surface area contributed by atoms with E-state index >= 15 is 0 Å². The minimum atomic E-state index is -0.321. The van der Waals surface area contributed by atoms with E-state index in [0.717, 1.165) is 5.39 Å². The highest BCUT2D eigenvalue weighted by Gasteiger charge is 2.15. The third-order valence-electron chi connectivity index (χ3n) is 3.59. The van der Waals surface area contributed by atoms with Crippen LogP contribution in [0.25, 0.3) is 22.4 Å². The van der Waals surface area contributed by atoms with E-state index in [0.29, 0.717) is 28.5 Å². The SMILES string of the molecule is O=C(NNc1ncccn1)c1cc(-c2ccco2)nc2ccccc12. The van der Waals surface area contributed by atoms with Crippen molar-refractivity contribution in [2.75, 3.05) is 5.43 Å². The van der Waals surface area contributed by atoms with E-state index < -0.39 is 0 Å². The van der Waals surface area contributed by atoms with Crippen LogP contribution >= 0.6 is 0 Å². The third kappa shape index (κ3) is 3.02. The van der Waals surface area contributed by atoms with Gasteiger partial charge in [-0.2, -0.15) is 0 Å². The first-order valence-corrected chi connectivity index (χ1v) is 7.58. The Morgan fingerprint density at radius 1 is 1.00 bits per heavy atom. The molecule has 4 aromatic rings. The van der Waals surface area contributed by atoms with Crippen LogP contribution in [0.5, 0.6) is 0 Å². The number of nitrogens with zero attached hydrogens (tertiary/aromatic N) is 3. The average Bonchev–Trinajstić information content (AvgIpc) is 3.21. The number of furan rings is 1.